The summed E-state index contributed by atoms with van der Waals surface area (Å²) in [7, 11) is 2.87. The molecule has 1 unspecified atom stereocenters. The van der Waals surface area contributed by atoms with Crippen LogP contribution in [-0.4, -0.2) is 54.6 Å². The molecule has 0 aliphatic carbocycles. The van der Waals surface area contributed by atoms with E-state index in [9.17, 15) is 14.4 Å². The lowest BCUT2D eigenvalue weighted by Gasteiger charge is -2.21. The van der Waals surface area contributed by atoms with Gasteiger partial charge in [0.05, 0.1) is 12.6 Å². The minimum Gasteiger partial charge on any atom is -0.480 e. The zero-order valence-corrected chi connectivity index (χ0v) is 8.90. The number of nitrogens with zero attached hydrogens (tertiary/aromatic N) is 1. The van der Waals surface area contributed by atoms with Crippen LogP contribution in [0.15, 0.2) is 0 Å². The zero-order valence-electron chi connectivity index (χ0n) is 8.90. The molecule has 86 valence electrons. The van der Waals surface area contributed by atoms with Crippen molar-refractivity contribution in [3.8, 4) is 0 Å². The van der Waals surface area contributed by atoms with Gasteiger partial charge in [-0.25, -0.2) is 4.79 Å². The number of urea groups is 1. The number of imide groups is 1. The van der Waals surface area contributed by atoms with Crippen molar-refractivity contribution in [1.82, 2.24) is 15.5 Å². The van der Waals surface area contributed by atoms with Crippen molar-refractivity contribution in [1.29, 1.82) is 0 Å². The Labute approximate surface area is 87.4 Å². The van der Waals surface area contributed by atoms with E-state index in [1.54, 1.807) is 0 Å². The van der Waals surface area contributed by atoms with E-state index in [1.165, 1.54) is 25.9 Å². The average molecular weight is 217 g/mol. The van der Waals surface area contributed by atoms with Gasteiger partial charge in [-0.1, -0.05) is 0 Å². The lowest BCUT2D eigenvalue weighted by molar-refractivity contribution is -0.139. The number of hydrogen-bond acceptors (Lipinski definition) is 4. The van der Waals surface area contributed by atoms with Gasteiger partial charge in [-0.3, -0.25) is 19.8 Å². The van der Waals surface area contributed by atoms with E-state index >= 15 is 0 Å². The number of nitrogens with one attached hydrogen (secondary N) is 2. The van der Waals surface area contributed by atoms with Crippen LogP contribution in [0.25, 0.3) is 0 Å². The summed E-state index contributed by atoms with van der Waals surface area (Å²) >= 11 is 0. The Bertz CT molecular complexity index is 267. The van der Waals surface area contributed by atoms with Gasteiger partial charge in [0.15, 0.2) is 0 Å². The van der Waals surface area contributed by atoms with Crippen molar-refractivity contribution in [3.63, 3.8) is 0 Å². The normalized spacial score (nSPS) is 12.0. The van der Waals surface area contributed by atoms with Gasteiger partial charge in [0.25, 0.3) is 0 Å². The average Bonchev–Trinajstić information content (AvgIpc) is 2.15. The molecule has 0 fully saturated rings. The fourth-order valence-electron chi connectivity index (χ4n) is 0.829. The number of likely N-dealkylation sites (N-methyl/N-ethyl adjacent to an activating group) is 1. The molecule has 15 heavy (non-hydrogen) atoms. The summed E-state index contributed by atoms with van der Waals surface area (Å²) in [6, 6.07) is -1.30. The third kappa shape index (κ3) is 4.96. The summed E-state index contributed by atoms with van der Waals surface area (Å²) in [5.41, 5.74) is 0. The van der Waals surface area contributed by atoms with Gasteiger partial charge in [0.1, 0.15) is 0 Å². The van der Waals surface area contributed by atoms with Crippen LogP contribution < -0.4 is 10.6 Å². The van der Waals surface area contributed by atoms with Gasteiger partial charge < -0.3 is 10.4 Å². The number of carboxylic acids is 1. The Morgan fingerprint density at radius 2 is 1.93 bits per heavy atom. The molecule has 7 nitrogen and oxygen atoms in total. The molecule has 0 heterocycles. The summed E-state index contributed by atoms with van der Waals surface area (Å²) in [4.78, 5) is 33.8. The smallest absolute Gasteiger partial charge is 0.321 e. The number of carbonyl (C=O) groups is 3. The van der Waals surface area contributed by atoms with E-state index in [-0.39, 0.29) is 6.54 Å². The molecule has 0 rings (SSSR count). The molecular formula is C8H15N3O4. The van der Waals surface area contributed by atoms with Gasteiger partial charge in [0, 0.05) is 7.05 Å². The summed E-state index contributed by atoms with van der Waals surface area (Å²) < 4.78 is 0. The minimum absolute atomic E-state index is 0.262. The van der Waals surface area contributed by atoms with Crippen LogP contribution in [-0.2, 0) is 9.59 Å². The zero-order chi connectivity index (χ0) is 12.0. The van der Waals surface area contributed by atoms with Crippen LogP contribution in [0, 0.1) is 0 Å². The Balaban J connectivity index is 4.18. The monoisotopic (exact) mass is 217 g/mol. The van der Waals surface area contributed by atoms with Crippen LogP contribution in [0.4, 0.5) is 4.79 Å². The highest BCUT2D eigenvalue weighted by atomic mass is 16.4. The maximum absolute atomic E-state index is 11.3. The first kappa shape index (κ1) is 13.4. The first-order valence-corrected chi connectivity index (χ1v) is 4.33. The maximum atomic E-state index is 11.3. The predicted octanol–water partition coefficient (Wildman–Crippen LogP) is -1.15. The van der Waals surface area contributed by atoms with Gasteiger partial charge in [-0.15, -0.1) is 0 Å². The van der Waals surface area contributed by atoms with Gasteiger partial charge >= 0.3 is 12.0 Å². The molecule has 1 atom stereocenters. The molecule has 7 heteroatoms. The van der Waals surface area contributed by atoms with E-state index < -0.39 is 23.9 Å². The van der Waals surface area contributed by atoms with Gasteiger partial charge in [-0.05, 0) is 14.0 Å². The summed E-state index contributed by atoms with van der Waals surface area (Å²) in [6.45, 7) is 1.25. The molecule has 0 aliphatic heterocycles. The van der Waals surface area contributed by atoms with Crippen molar-refractivity contribution in [3.05, 3.63) is 0 Å². The Kier molecular flexibility index (Phi) is 5.32. The molecule has 0 aromatic rings. The van der Waals surface area contributed by atoms with Crippen molar-refractivity contribution in [2.24, 2.45) is 0 Å². The molecule has 0 bridgehead atoms. The van der Waals surface area contributed by atoms with Gasteiger partial charge in [0.2, 0.25) is 5.91 Å². The molecule has 0 aliphatic rings. The number of amides is 3. The molecule has 0 aromatic carbocycles. The molecular weight excluding hydrogens is 202 g/mol. The highest BCUT2D eigenvalue weighted by Crippen LogP contribution is 1.94. The largest absolute Gasteiger partial charge is 0.480 e. The van der Waals surface area contributed by atoms with E-state index in [0.29, 0.717) is 0 Å². The Morgan fingerprint density at radius 1 is 1.40 bits per heavy atom. The number of rotatable bonds is 4. The fraction of sp³-hybridized carbons (Fsp3) is 0.625. The van der Waals surface area contributed by atoms with Crippen LogP contribution in [0.1, 0.15) is 6.92 Å². The quantitative estimate of drug-likeness (QED) is 0.552. The molecule has 0 saturated carbocycles. The summed E-state index contributed by atoms with van der Waals surface area (Å²) in [5.74, 6) is -1.57. The van der Waals surface area contributed by atoms with Crippen molar-refractivity contribution < 1.29 is 19.5 Å². The second kappa shape index (κ2) is 5.97. The topological polar surface area (TPSA) is 98.7 Å². The maximum Gasteiger partial charge on any atom is 0.321 e. The molecule has 3 amide bonds. The van der Waals surface area contributed by atoms with Crippen molar-refractivity contribution >= 4 is 17.9 Å². The molecule has 3 N–H and O–H groups in total. The Hall–Kier alpha value is -1.63. The highest BCUT2D eigenvalue weighted by Gasteiger charge is 2.20. The lowest BCUT2D eigenvalue weighted by atomic mass is 10.3. The third-order valence-corrected chi connectivity index (χ3v) is 1.89. The predicted molar refractivity (Wildman–Crippen MR) is 52.3 cm³/mol. The molecule has 0 aromatic heterocycles. The van der Waals surface area contributed by atoms with Crippen LogP contribution in [0.3, 0.4) is 0 Å². The summed E-state index contributed by atoms with van der Waals surface area (Å²) in [6.07, 6.45) is 0. The van der Waals surface area contributed by atoms with Crippen LogP contribution in [0.5, 0.6) is 0 Å². The van der Waals surface area contributed by atoms with Crippen molar-refractivity contribution in [2.45, 2.75) is 13.0 Å². The molecule has 0 radical (unpaired) electrons. The van der Waals surface area contributed by atoms with Crippen LogP contribution in [0.2, 0.25) is 0 Å². The third-order valence-electron chi connectivity index (χ3n) is 1.89. The van der Waals surface area contributed by atoms with Crippen LogP contribution >= 0.6 is 0 Å². The fourth-order valence-corrected chi connectivity index (χ4v) is 0.829. The number of aliphatic carboxylic acids is 1. The van der Waals surface area contributed by atoms with E-state index in [2.05, 4.69) is 10.6 Å². The standard InChI is InChI=1S/C8H15N3O4/c1-5(11(3)4-6(12)13)7(14)10-8(15)9-2/h5H,4H2,1-3H3,(H,12,13)(H2,9,10,14,15). The minimum atomic E-state index is -1.03. The first-order chi connectivity index (χ1) is 6.88. The molecule has 0 saturated heterocycles. The first-order valence-electron chi connectivity index (χ1n) is 4.33. The number of carboxylic acid groups (broad SMARTS) is 1. The number of hydrogen-bond donors (Lipinski definition) is 3. The Morgan fingerprint density at radius 3 is 2.33 bits per heavy atom. The molecule has 0 spiro atoms. The second-order valence-electron chi connectivity index (χ2n) is 3.05. The second-order valence-corrected chi connectivity index (χ2v) is 3.05. The summed E-state index contributed by atoms with van der Waals surface area (Å²) in [5, 5.41) is 12.8. The van der Waals surface area contributed by atoms with E-state index in [4.69, 9.17) is 5.11 Å². The van der Waals surface area contributed by atoms with E-state index in [1.807, 2.05) is 0 Å². The van der Waals surface area contributed by atoms with E-state index in [0.717, 1.165) is 0 Å². The lowest BCUT2D eigenvalue weighted by Crippen LogP contribution is -2.48. The van der Waals surface area contributed by atoms with Gasteiger partial charge in [-0.2, -0.15) is 0 Å². The highest BCUT2D eigenvalue weighted by molar-refractivity contribution is 5.96. The number of carbonyl (C=O) groups excluding carboxylic acids is 2. The van der Waals surface area contributed by atoms with Crippen molar-refractivity contribution in [2.75, 3.05) is 20.6 Å². The SMILES string of the molecule is CNC(=O)NC(=O)C(C)N(C)CC(=O)O.